The molecule has 1 unspecified atom stereocenters. The summed E-state index contributed by atoms with van der Waals surface area (Å²) in [6.07, 6.45) is -0.114. The molecule has 1 amide bonds. The SMILES string of the molecule is O=C(O)CC1CSCCN1C(=O)c1ccc(O)cc1O. The monoisotopic (exact) mass is 297 g/mol. The Hall–Kier alpha value is -1.89. The lowest BCUT2D eigenvalue weighted by molar-refractivity contribution is -0.138. The van der Waals surface area contributed by atoms with E-state index in [1.165, 1.54) is 17.0 Å². The molecule has 2 rings (SSSR count). The number of nitrogens with zero attached hydrogens (tertiary/aromatic N) is 1. The third kappa shape index (κ3) is 3.16. The maximum Gasteiger partial charge on any atom is 0.305 e. The first-order valence-electron chi connectivity index (χ1n) is 6.11. The zero-order chi connectivity index (χ0) is 14.7. The quantitative estimate of drug-likeness (QED) is 0.773. The van der Waals surface area contributed by atoms with Gasteiger partial charge in [-0.15, -0.1) is 0 Å². The van der Waals surface area contributed by atoms with Gasteiger partial charge < -0.3 is 20.2 Å². The van der Waals surface area contributed by atoms with Gasteiger partial charge in [0.2, 0.25) is 0 Å². The molecule has 1 aliphatic rings. The molecule has 1 heterocycles. The lowest BCUT2D eigenvalue weighted by atomic mass is 10.1. The summed E-state index contributed by atoms with van der Waals surface area (Å²) < 4.78 is 0. The highest BCUT2D eigenvalue weighted by Gasteiger charge is 2.30. The van der Waals surface area contributed by atoms with E-state index in [9.17, 15) is 19.8 Å². The van der Waals surface area contributed by atoms with E-state index in [1.807, 2.05) is 0 Å². The van der Waals surface area contributed by atoms with Gasteiger partial charge in [0.1, 0.15) is 11.5 Å². The minimum Gasteiger partial charge on any atom is -0.508 e. The Labute approximate surface area is 120 Å². The Morgan fingerprint density at radius 3 is 2.75 bits per heavy atom. The Kier molecular flexibility index (Phi) is 4.39. The van der Waals surface area contributed by atoms with Crippen LogP contribution in [0.15, 0.2) is 18.2 Å². The molecule has 0 saturated carbocycles. The molecule has 0 radical (unpaired) electrons. The minimum atomic E-state index is -0.953. The molecule has 1 aliphatic heterocycles. The van der Waals surface area contributed by atoms with Crippen molar-refractivity contribution in [2.45, 2.75) is 12.5 Å². The number of aliphatic carboxylic acids is 1. The topological polar surface area (TPSA) is 98.1 Å². The van der Waals surface area contributed by atoms with Crippen LogP contribution in [0.3, 0.4) is 0 Å². The highest BCUT2D eigenvalue weighted by molar-refractivity contribution is 7.99. The first kappa shape index (κ1) is 14.5. The second-order valence-corrected chi connectivity index (χ2v) is 5.68. The number of phenolic OH excluding ortho intramolecular Hbond substituents is 2. The molecule has 3 N–H and O–H groups in total. The van der Waals surface area contributed by atoms with Crippen LogP contribution in [0.4, 0.5) is 0 Å². The normalized spacial score (nSPS) is 18.8. The fourth-order valence-corrected chi connectivity index (χ4v) is 3.21. The third-order valence-corrected chi connectivity index (χ3v) is 4.20. The van der Waals surface area contributed by atoms with Gasteiger partial charge in [0.15, 0.2) is 0 Å². The van der Waals surface area contributed by atoms with Crippen LogP contribution in [0.2, 0.25) is 0 Å². The Morgan fingerprint density at radius 1 is 1.35 bits per heavy atom. The van der Waals surface area contributed by atoms with Crippen LogP contribution in [-0.2, 0) is 4.79 Å². The summed E-state index contributed by atoms with van der Waals surface area (Å²) in [5, 5.41) is 27.9. The van der Waals surface area contributed by atoms with E-state index >= 15 is 0 Å². The zero-order valence-electron chi connectivity index (χ0n) is 10.7. The smallest absolute Gasteiger partial charge is 0.305 e. The van der Waals surface area contributed by atoms with Crippen LogP contribution in [0.1, 0.15) is 16.8 Å². The minimum absolute atomic E-state index is 0.0742. The number of phenols is 2. The van der Waals surface area contributed by atoms with Crippen molar-refractivity contribution in [2.75, 3.05) is 18.1 Å². The van der Waals surface area contributed by atoms with Crippen molar-refractivity contribution in [1.82, 2.24) is 4.90 Å². The number of rotatable bonds is 3. The van der Waals surface area contributed by atoms with Crippen molar-refractivity contribution in [2.24, 2.45) is 0 Å². The van der Waals surface area contributed by atoms with E-state index in [-0.39, 0.29) is 29.5 Å². The summed E-state index contributed by atoms with van der Waals surface area (Å²) in [6.45, 7) is 0.446. The molecule has 0 aromatic heterocycles. The number of carbonyl (C=O) groups is 2. The van der Waals surface area contributed by atoms with E-state index in [1.54, 1.807) is 11.8 Å². The van der Waals surface area contributed by atoms with E-state index in [2.05, 4.69) is 0 Å². The average molecular weight is 297 g/mol. The number of carbonyl (C=O) groups excluding carboxylic acids is 1. The van der Waals surface area contributed by atoms with Gasteiger partial charge in [-0.05, 0) is 12.1 Å². The van der Waals surface area contributed by atoms with Gasteiger partial charge in [0, 0.05) is 24.1 Å². The molecule has 1 atom stereocenters. The largest absolute Gasteiger partial charge is 0.508 e. The number of hydrogen-bond donors (Lipinski definition) is 3. The number of thioether (sulfide) groups is 1. The summed E-state index contributed by atoms with van der Waals surface area (Å²) in [7, 11) is 0. The molecular weight excluding hydrogens is 282 g/mol. The van der Waals surface area contributed by atoms with E-state index < -0.39 is 11.9 Å². The van der Waals surface area contributed by atoms with Crippen molar-refractivity contribution < 1.29 is 24.9 Å². The van der Waals surface area contributed by atoms with Crippen LogP contribution in [-0.4, -0.2) is 56.2 Å². The van der Waals surface area contributed by atoms with Crippen LogP contribution in [0, 0.1) is 0 Å². The summed E-state index contributed by atoms with van der Waals surface area (Å²) >= 11 is 1.61. The summed E-state index contributed by atoms with van der Waals surface area (Å²) in [5.74, 6) is -0.491. The summed E-state index contributed by atoms with van der Waals surface area (Å²) in [5.41, 5.74) is 0.0742. The molecule has 1 saturated heterocycles. The predicted molar refractivity (Wildman–Crippen MR) is 74.2 cm³/mol. The molecule has 1 aromatic rings. The summed E-state index contributed by atoms with van der Waals surface area (Å²) in [4.78, 5) is 24.7. The van der Waals surface area contributed by atoms with Gasteiger partial charge in [-0.1, -0.05) is 0 Å². The zero-order valence-corrected chi connectivity index (χ0v) is 11.5. The maximum atomic E-state index is 12.4. The van der Waals surface area contributed by atoms with Crippen LogP contribution < -0.4 is 0 Å². The predicted octanol–water partition coefficient (Wildman–Crippen LogP) is 1.13. The number of benzene rings is 1. The van der Waals surface area contributed by atoms with Crippen molar-refractivity contribution >= 4 is 23.6 Å². The van der Waals surface area contributed by atoms with Crippen molar-refractivity contribution in [3.63, 3.8) is 0 Å². The second-order valence-electron chi connectivity index (χ2n) is 4.53. The number of amides is 1. The maximum absolute atomic E-state index is 12.4. The second kappa shape index (κ2) is 6.04. The lowest BCUT2D eigenvalue weighted by Crippen LogP contribution is -2.47. The van der Waals surface area contributed by atoms with Crippen LogP contribution >= 0.6 is 11.8 Å². The molecule has 1 aromatic carbocycles. The highest BCUT2D eigenvalue weighted by Crippen LogP contribution is 2.27. The van der Waals surface area contributed by atoms with Gasteiger partial charge in [0.05, 0.1) is 18.0 Å². The fraction of sp³-hybridized carbons (Fsp3) is 0.385. The van der Waals surface area contributed by atoms with Gasteiger partial charge in [-0.3, -0.25) is 9.59 Å². The van der Waals surface area contributed by atoms with Crippen molar-refractivity contribution in [3.05, 3.63) is 23.8 Å². The third-order valence-electron chi connectivity index (χ3n) is 3.11. The molecule has 0 spiro atoms. The standard InChI is InChI=1S/C13H15NO5S/c15-9-1-2-10(11(16)6-9)13(19)14-3-4-20-7-8(14)5-12(17)18/h1-2,6,8,15-16H,3-5,7H2,(H,17,18). The molecule has 7 heteroatoms. The van der Waals surface area contributed by atoms with Gasteiger partial charge in [0.25, 0.3) is 5.91 Å². The molecule has 6 nitrogen and oxygen atoms in total. The number of hydrogen-bond acceptors (Lipinski definition) is 5. The first-order valence-corrected chi connectivity index (χ1v) is 7.27. The Balaban J connectivity index is 2.22. The first-order chi connectivity index (χ1) is 9.49. The summed E-state index contributed by atoms with van der Waals surface area (Å²) in [6, 6.07) is 3.37. The number of carboxylic acids is 1. The molecule has 0 aliphatic carbocycles. The average Bonchev–Trinajstić information content (AvgIpc) is 2.38. The lowest BCUT2D eigenvalue weighted by Gasteiger charge is -2.34. The molecule has 108 valence electrons. The molecule has 20 heavy (non-hydrogen) atoms. The van der Waals surface area contributed by atoms with Gasteiger partial charge in [-0.25, -0.2) is 0 Å². The molecule has 0 bridgehead atoms. The van der Waals surface area contributed by atoms with E-state index in [4.69, 9.17) is 5.11 Å². The number of aromatic hydroxyl groups is 2. The van der Waals surface area contributed by atoms with Crippen LogP contribution in [0.5, 0.6) is 11.5 Å². The molecular formula is C13H15NO5S. The van der Waals surface area contributed by atoms with E-state index in [0.717, 1.165) is 11.8 Å². The van der Waals surface area contributed by atoms with Crippen molar-refractivity contribution in [1.29, 1.82) is 0 Å². The Bertz CT molecular complexity index is 533. The molecule has 1 fully saturated rings. The fourth-order valence-electron chi connectivity index (χ4n) is 2.15. The van der Waals surface area contributed by atoms with Gasteiger partial charge >= 0.3 is 5.97 Å². The highest BCUT2D eigenvalue weighted by atomic mass is 32.2. The number of carboxylic acid groups (broad SMARTS) is 1. The van der Waals surface area contributed by atoms with Crippen LogP contribution in [0.25, 0.3) is 0 Å². The van der Waals surface area contributed by atoms with E-state index in [0.29, 0.717) is 12.3 Å². The van der Waals surface area contributed by atoms with Gasteiger partial charge in [-0.2, -0.15) is 11.8 Å². The Morgan fingerprint density at radius 2 is 2.10 bits per heavy atom. The van der Waals surface area contributed by atoms with Crippen molar-refractivity contribution in [3.8, 4) is 11.5 Å².